The van der Waals surface area contributed by atoms with Crippen LogP contribution in [-0.2, 0) is 49.4 Å². The Kier molecular flexibility index (Phi) is 7.32. The number of allylic oxidation sites excluding steroid dienone is 2. The molecule has 1 aliphatic heterocycles. The van der Waals surface area contributed by atoms with Crippen molar-refractivity contribution in [3.05, 3.63) is 60.0 Å². The van der Waals surface area contributed by atoms with E-state index in [9.17, 15) is 48.5 Å². The van der Waals surface area contributed by atoms with Gasteiger partial charge in [0.05, 0.1) is 30.4 Å². The van der Waals surface area contributed by atoms with Crippen molar-refractivity contribution < 1.29 is 58.0 Å². The molecule has 37 heavy (non-hydrogen) atoms. The Bertz CT molecular complexity index is 1750. The van der Waals surface area contributed by atoms with Crippen molar-refractivity contribution in [3.8, 4) is 0 Å². The average Bonchev–Trinajstić information content (AvgIpc) is 3.02. The molecule has 3 rings (SSSR count). The number of rotatable bonds is 6. The van der Waals surface area contributed by atoms with E-state index in [1.807, 2.05) is 0 Å². The van der Waals surface area contributed by atoms with Crippen LogP contribution >= 0.6 is 0 Å². The predicted molar refractivity (Wildman–Crippen MR) is 125 cm³/mol. The SMILES string of the molecule is COC(=O)C1=C(C(=O)OC)N(c2cc3c(S(=O)(=O)O)cc(S(=O)(=O)O)cc3cc2S(=O)(=O)O)C=CC=C1. The number of carbonyl (C=O) groups excluding carboxylic acids is 2. The Labute approximate surface area is 210 Å². The summed E-state index contributed by atoms with van der Waals surface area (Å²) in [5.74, 6) is -2.22. The Morgan fingerprint density at radius 1 is 0.757 bits per heavy atom. The van der Waals surface area contributed by atoms with Gasteiger partial charge in [0, 0.05) is 11.6 Å². The minimum atomic E-state index is -5.19. The van der Waals surface area contributed by atoms with E-state index in [0.717, 1.165) is 37.5 Å². The molecule has 17 heteroatoms. The molecule has 0 aromatic heterocycles. The normalized spacial score (nSPS) is 14.6. The highest BCUT2D eigenvalue weighted by atomic mass is 32.2. The number of fused-ring (bicyclic) bond motifs is 1. The quantitative estimate of drug-likeness (QED) is 0.324. The highest BCUT2D eigenvalue weighted by Gasteiger charge is 2.32. The summed E-state index contributed by atoms with van der Waals surface area (Å²) in [4.78, 5) is 22.8. The number of esters is 2. The summed E-state index contributed by atoms with van der Waals surface area (Å²) in [7, 11) is -13.5. The molecule has 0 saturated carbocycles. The molecule has 3 N–H and O–H groups in total. The van der Waals surface area contributed by atoms with E-state index < -0.39 is 84.7 Å². The predicted octanol–water partition coefficient (Wildman–Crippen LogP) is 1.07. The number of hydrogen-bond donors (Lipinski definition) is 3. The molecule has 1 heterocycles. The first kappa shape index (κ1) is 28.0. The van der Waals surface area contributed by atoms with Gasteiger partial charge in [0.15, 0.2) is 0 Å². The highest BCUT2D eigenvalue weighted by Crippen LogP contribution is 2.38. The van der Waals surface area contributed by atoms with Crippen molar-refractivity contribution in [1.29, 1.82) is 0 Å². The second-order valence-electron chi connectivity index (χ2n) is 7.20. The minimum Gasteiger partial charge on any atom is -0.465 e. The van der Waals surface area contributed by atoms with Gasteiger partial charge in [-0.25, -0.2) is 9.59 Å². The zero-order valence-corrected chi connectivity index (χ0v) is 21.2. The smallest absolute Gasteiger partial charge is 0.355 e. The van der Waals surface area contributed by atoms with Gasteiger partial charge in [0.2, 0.25) is 0 Å². The summed E-state index contributed by atoms with van der Waals surface area (Å²) in [5, 5.41) is -0.945. The van der Waals surface area contributed by atoms with Crippen LogP contribution in [0.4, 0.5) is 5.69 Å². The summed E-state index contributed by atoms with van der Waals surface area (Å²) < 4.78 is 111. The number of methoxy groups -OCH3 is 2. The molecule has 0 radical (unpaired) electrons. The maximum absolute atomic E-state index is 12.7. The van der Waals surface area contributed by atoms with Crippen molar-refractivity contribution in [2.24, 2.45) is 0 Å². The van der Waals surface area contributed by atoms with Crippen molar-refractivity contribution in [1.82, 2.24) is 0 Å². The summed E-state index contributed by atoms with van der Waals surface area (Å²) >= 11 is 0. The van der Waals surface area contributed by atoms with Crippen LogP contribution in [0.25, 0.3) is 10.8 Å². The van der Waals surface area contributed by atoms with Crippen molar-refractivity contribution in [3.63, 3.8) is 0 Å². The number of anilines is 1. The third-order valence-corrected chi connectivity index (χ3v) is 7.58. The Hall–Kier alpha value is -3.61. The van der Waals surface area contributed by atoms with E-state index in [-0.39, 0.29) is 0 Å². The molecule has 0 saturated heterocycles. The van der Waals surface area contributed by atoms with Crippen LogP contribution in [0.2, 0.25) is 0 Å². The summed E-state index contributed by atoms with van der Waals surface area (Å²) in [6, 6.07) is 2.54. The summed E-state index contributed by atoms with van der Waals surface area (Å²) in [5.41, 5.74) is -1.63. The molecule has 2 aromatic rings. The number of benzene rings is 2. The number of hydrogen-bond acceptors (Lipinski definition) is 11. The van der Waals surface area contributed by atoms with Gasteiger partial charge in [-0.15, -0.1) is 0 Å². The van der Waals surface area contributed by atoms with Gasteiger partial charge in [-0.3, -0.25) is 13.7 Å². The molecule has 0 amide bonds. The van der Waals surface area contributed by atoms with E-state index in [1.165, 1.54) is 12.2 Å². The van der Waals surface area contributed by atoms with E-state index in [1.54, 1.807) is 0 Å². The molecule has 198 valence electrons. The molecular formula is C20H17NO13S3. The fourth-order valence-corrected chi connectivity index (χ4v) is 5.47. The first-order valence-corrected chi connectivity index (χ1v) is 13.9. The Morgan fingerprint density at radius 3 is 1.86 bits per heavy atom. The van der Waals surface area contributed by atoms with Crippen LogP contribution in [0.3, 0.4) is 0 Å². The van der Waals surface area contributed by atoms with Crippen LogP contribution in [0.15, 0.2) is 74.7 Å². The van der Waals surface area contributed by atoms with Crippen LogP contribution in [0.1, 0.15) is 0 Å². The number of nitrogens with zero attached hydrogens (tertiary/aromatic N) is 1. The summed E-state index contributed by atoms with van der Waals surface area (Å²) in [6.07, 6.45) is 4.76. The third kappa shape index (κ3) is 5.55. The first-order chi connectivity index (χ1) is 17.0. The zero-order valence-electron chi connectivity index (χ0n) is 18.7. The Balaban J connectivity index is 2.58. The molecule has 1 aliphatic rings. The lowest BCUT2D eigenvalue weighted by Crippen LogP contribution is -2.28. The van der Waals surface area contributed by atoms with Gasteiger partial charge in [0.25, 0.3) is 30.4 Å². The van der Waals surface area contributed by atoms with Gasteiger partial charge in [0.1, 0.15) is 15.5 Å². The Morgan fingerprint density at radius 2 is 1.35 bits per heavy atom. The lowest BCUT2D eigenvalue weighted by molar-refractivity contribution is -0.139. The van der Waals surface area contributed by atoms with Crippen LogP contribution in [-0.4, -0.2) is 65.1 Å². The molecule has 0 unspecified atom stereocenters. The van der Waals surface area contributed by atoms with Gasteiger partial charge in [-0.05, 0) is 41.8 Å². The van der Waals surface area contributed by atoms with Crippen molar-refractivity contribution in [2.75, 3.05) is 19.1 Å². The lowest BCUT2D eigenvalue weighted by Gasteiger charge is -2.25. The molecule has 0 fully saturated rings. The molecule has 0 bridgehead atoms. The molecule has 0 atom stereocenters. The zero-order chi connectivity index (χ0) is 27.9. The van der Waals surface area contributed by atoms with E-state index in [0.29, 0.717) is 18.2 Å². The maximum Gasteiger partial charge on any atom is 0.355 e. The molecular weight excluding hydrogens is 558 g/mol. The third-order valence-electron chi connectivity index (χ3n) is 4.97. The maximum atomic E-state index is 12.7. The standard InChI is InChI=1S/C20H17NO13S3/c1-33-19(22)13-5-3-4-6-21(18(13)20(23)34-2)15-10-14-11(8-17(15)37(30,31)32)7-12(35(24,25)26)9-16(14)36(27,28)29/h3-10H,1-2H3,(H,24,25,26)(H,27,28,29)(H,30,31,32). The second-order valence-corrected chi connectivity index (χ2v) is 11.4. The topological polar surface area (TPSA) is 219 Å². The summed E-state index contributed by atoms with van der Waals surface area (Å²) in [6.45, 7) is 0. The highest BCUT2D eigenvalue weighted by molar-refractivity contribution is 7.87. The first-order valence-electron chi connectivity index (χ1n) is 9.60. The molecule has 14 nitrogen and oxygen atoms in total. The average molecular weight is 576 g/mol. The number of ether oxygens (including phenoxy) is 2. The van der Waals surface area contributed by atoms with E-state index >= 15 is 0 Å². The second kappa shape index (κ2) is 9.69. The monoisotopic (exact) mass is 575 g/mol. The molecule has 2 aromatic carbocycles. The van der Waals surface area contributed by atoms with Gasteiger partial charge in [-0.2, -0.15) is 25.3 Å². The van der Waals surface area contributed by atoms with Gasteiger partial charge in [-0.1, -0.05) is 6.08 Å². The minimum absolute atomic E-state index is 0.417. The van der Waals surface area contributed by atoms with Crippen LogP contribution < -0.4 is 4.90 Å². The largest absolute Gasteiger partial charge is 0.465 e. The van der Waals surface area contributed by atoms with Crippen LogP contribution in [0.5, 0.6) is 0 Å². The molecule has 0 spiro atoms. The van der Waals surface area contributed by atoms with Gasteiger partial charge >= 0.3 is 11.9 Å². The van der Waals surface area contributed by atoms with Crippen molar-refractivity contribution in [2.45, 2.75) is 14.7 Å². The lowest BCUT2D eigenvalue weighted by atomic mass is 10.1. The van der Waals surface area contributed by atoms with E-state index in [4.69, 9.17) is 4.74 Å². The fourth-order valence-electron chi connectivity index (χ4n) is 3.43. The van der Waals surface area contributed by atoms with Crippen LogP contribution in [0, 0.1) is 0 Å². The fraction of sp³-hybridized carbons (Fsp3) is 0.100. The molecule has 0 aliphatic carbocycles. The number of carbonyl (C=O) groups is 2. The van der Waals surface area contributed by atoms with Gasteiger partial charge < -0.3 is 14.4 Å². The van der Waals surface area contributed by atoms with E-state index in [2.05, 4.69) is 4.74 Å². The van der Waals surface area contributed by atoms with Crippen molar-refractivity contribution >= 4 is 58.8 Å².